The lowest BCUT2D eigenvalue weighted by molar-refractivity contribution is -0.125. The molecule has 214 valence electrons. The van der Waals surface area contributed by atoms with Gasteiger partial charge in [-0.1, -0.05) is 24.3 Å². The van der Waals surface area contributed by atoms with Crippen LogP contribution in [0.25, 0.3) is 22.3 Å². The highest BCUT2D eigenvalue weighted by Gasteiger charge is 2.30. The van der Waals surface area contributed by atoms with Crippen LogP contribution in [0.15, 0.2) is 73.1 Å². The molecule has 1 aliphatic rings. The molecule has 2 aromatic heterocycles. The number of amides is 1. The van der Waals surface area contributed by atoms with Crippen LogP contribution < -0.4 is 10.5 Å². The topological polar surface area (TPSA) is 112 Å². The fraction of sp³-hybridized carbons (Fsp3) is 0.355. The molecule has 2 aromatic carbocycles. The van der Waals surface area contributed by atoms with E-state index in [1.807, 2.05) is 70.3 Å². The van der Waals surface area contributed by atoms with Gasteiger partial charge in [-0.3, -0.25) is 9.69 Å². The van der Waals surface area contributed by atoms with Crippen LogP contribution in [0.5, 0.6) is 11.5 Å². The fourth-order valence-corrected chi connectivity index (χ4v) is 5.06. The van der Waals surface area contributed by atoms with E-state index in [2.05, 4.69) is 28.7 Å². The summed E-state index contributed by atoms with van der Waals surface area (Å²) in [5.41, 5.74) is 8.58. The molecule has 0 aliphatic carbocycles. The van der Waals surface area contributed by atoms with E-state index in [4.69, 9.17) is 20.3 Å². The summed E-state index contributed by atoms with van der Waals surface area (Å²) >= 11 is 0. The number of hydrogen-bond acceptors (Lipinski definition) is 8. The molecule has 10 heteroatoms. The Morgan fingerprint density at radius 1 is 1.12 bits per heavy atom. The highest BCUT2D eigenvalue weighted by atomic mass is 16.5. The summed E-state index contributed by atoms with van der Waals surface area (Å²) in [4.78, 5) is 25.9. The van der Waals surface area contributed by atoms with Gasteiger partial charge in [-0.15, -0.1) is 0 Å². The summed E-state index contributed by atoms with van der Waals surface area (Å²) in [6.07, 6.45) is 5.85. The molecule has 3 heterocycles. The molecule has 2 N–H and O–H groups in total. The van der Waals surface area contributed by atoms with Gasteiger partial charge in [0.25, 0.3) is 0 Å². The fourth-order valence-electron chi connectivity index (χ4n) is 5.06. The van der Waals surface area contributed by atoms with Crippen molar-refractivity contribution in [2.75, 3.05) is 45.6 Å². The molecule has 0 saturated carbocycles. The van der Waals surface area contributed by atoms with Gasteiger partial charge in [0.15, 0.2) is 5.65 Å². The molecule has 41 heavy (non-hydrogen) atoms. The molecule has 1 unspecified atom stereocenters. The van der Waals surface area contributed by atoms with Crippen LogP contribution in [-0.2, 0) is 9.53 Å². The third-order valence-electron chi connectivity index (χ3n) is 7.36. The summed E-state index contributed by atoms with van der Waals surface area (Å²) in [5, 5.41) is 5.67. The first kappa shape index (κ1) is 28.3. The zero-order valence-electron chi connectivity index (χ0n) is 23.8. The molecular formula is C31H37N7O3. The van der Waals surface area contributed by atoms with E-state index in [9.17, 15) is 4.79 Å². The SMILES string of the molecule is COCCN(C/C=C/C(=O)N1CCC(n2nc(-c3ccc(Oc4ccccc4)cc3)c3c(N)ncnc32)C1)C(C)C. The van der Waals surface area contributed by atoms with Crippen molar-refractivity contribution in [3.63, 3.8) is 0 Å². The van der Waals surface area contributed by atoms with E-state index in [0.29, 0.717) is 54.8 Å². The number of fused-ring (bicyclic) bond motifs is 1. The minimum atomic E-state index is -0.0209. The summed E-state index contributed by atoms with van der Waals surface area (Å²) in [6, 6.07) is 17.7. The number of rotatable bonds is 11. The molecule has 0 bridgehead atoms. The van der Waals surface area contributed by atoms with Crippen molar-refractivity contribution in [2.45, 2.75) is 32.4 Å². The maximum atomic E-state index is 13.0. The maximum Gasteiger partial charge on any atom is 0.246 e. The average Bonchev–Trinajstić information content (AvgIpc) is 3.62. The Morgan fingerprint density at radius 2 is 1.88 bits per heavy atom. The third-order valence-corrected chi connectivity index (χ3v) is 7.36. The molecule has 1 fully saturated rings. The molecule has 1 aliphatic heterocycles. The largest absolute Gasteiger partial charge is 0.457 e. The number of carbonyl (C=O) groups is 1. The van der Waals surface area contributed by atoms with Crippen LogP contribution >= 0.6 is 0 Å². The number of para-hydroxylation sites is 1. The number of likely N-dealkylation sites (tertiary alicyclic amines) is 1. The smallest absolute Gasteiger partial charge is 0.246 e. The van der Waals surface area contributed by atoms with Crippen LogP contribution in [-0.4, -0.2) is 81.4 Å². The van der Waals surface area contributed by atoms with Gasteiger partial charge in [0.1, 0.15) is 29.3 Å². The van der Waals surface area contributed by atoms with Crippen molar-refractivity contribution in [2.24, 2.45) is 0 Å². The van der Waals surface area contributed by atoms with E-state index in [1.54, 1.807) is 13.2 Å². The minimum Gasteiger partial charge on any atom is -0.457 e. The minimum absolute atomic E-state index is 0.00257. The molecule has 10 nitrogen and oxygen atoms in total. The van der Waals surface area contributed by atoms with Gasteiger partial charge in [-0.25, -0.2) is 14.6 Å². The molecular weight excluding hydrogens is 518 g/mol. The second-order valence-corrected chi connectivity index (χ2v) is 10.4. The Bertz CT molecular complexity index is 1490. The quantitative estimate of drug-likeness (QED) is 0.268. The normalized spacial score (nSPS) is 15.5. The first-order chi connectivity index (χ1) is 19.9. The molecule has 5 rings (SSSR count). The lowest BCUT2D eigenvalue weighted by Crippen LogP contribution is -2.34. The predicted molar refractivity (Wildman–Crippen MR) is 160 cm³/mol. The molecule has 1 atom stereocenters. The van der Waals surface area contributed by atoms with Crippen molar-refractivity contribution in [1.29, 1.82) is 0 Å². The Balaban J connectivity index is 1.31. The van der Waals surface area contributed by atoms with Gasteiger partial charge in [0.05, 0.1) is 18.0 Å². The summed E-state index contributed by atoms with van der Waals surface area (Å²) in [5.74, 6) is 1.87. The van der Waals surface area contributed by atoms with E-state index >= 15 is 0 Å². The van der Waals surface area contributed by atoms with Gasteiger partial charge >= 0.3 is 0 Å². The number of ether oxygens (including phenoxy) is 2. The van der Waals surface area contributed by atoms with Gasteiger partial charge in [0.2, 0.25) is 5.91 Å². The summed E-state index contributed by atoms with van der Waals surface area (Å²) < 4.78 is 13.1. The second-order valence-electron chi connectivity index (χ2n) is 10.4. The maximum absolute atomic E-state index is 13.0. The average molecular weight is 556 g/mol. The number of carbonyl (C=O) groups excluding carboxylic acids is 1. The van der Waals surface area contributed by atoms with Crippen LogP contribution in [0.1, 0.15) is 26.3 Å². The number of methoxy groups -OCH3 is 1. The number of nitrogens with zero attached hydrogens (tertiary/aromatic N) is 6. The highest BCUT2D eigenvalue weighted by Crippen LogP contribution is 2.35. The lowest BCUT2D eigenvalue weighted by Gasteiger charge is -2.24. The van der Waals surface area contributed by atoms with Crippen molar-refractivity contribution in [3.05, 3.63) is 73.1 Å². The molecule has 4 aromatic rings. The van der Waals surface area contributed by atoms with Crippen LogP contribution in [0, 0.1) is 0 Å². The zero-order valence-corrected chi connectivity index (χ0v) is 23.8. The van der Waals surface area contributed by atoms with Crippen LogP contribution in [0.2, 0.25) is 0 Å². The summed E-state index contributed by atoms with van der Waals surface area (Å²) in [6.45, 7) is 7.65. The predicted octanol–water partition coefficient (Wildman–Crippen LogP) is 4.55. The van der Waals surface area contributed by atoms with Crippen molar-refractivity contribution >= 4 is 22.8 Å². The van der Waals surface area contributed by atoms with Gasteiger partial charge < -0.3 is 20.1 Å². The monoisotopic (exact) mass is 555 g/mol. The van der Waals surface area contributed by atoms with E-state index in [1.165, 1.54) is 6.33 Å². The van der Waals surface area contributed by atoms with Gasteiger partial charge in [-0.05, 0) is 56.7 Å². The Kier molecular flexibility index (Phi) is 8.91. The van der Waals surface area contributed by atoms with Crippen molar-refractivity contribution in [3.8, 4) is 22.8 Å². The number of hydrogen-bond donors (Lipinski definition) is 1. The van der Waals surface area contributed by atoms with Crippen LogP contribution in [0.4, 0.5) is 5.82 Å². The first-order valence-electron chi connectivity index (χ1n) is 13.9. The number of nitrogens with two attached hydrogens (primary N) is 1. The van der Waals surface area contributed by atoms with E-state index < -0.39 is 0 Å². The molecule has 0 radical (unpaired) electrons. The Labute approximate surface area is 240 Å². The van der Waals surface area contributed by atoms with Crippen molar-refractivity contribution < 1.29 is 14.3 Å². The first-order valence-corrected chi connectivity index (χ1v) is 13.9. The van der Waals surface area contributed by atoms with E-state index in [-0.39, 0.29) is 11.9 Å². The lowest BCUT2D eigenvalue weighted by atomic mass is 10.1. The third kappa shape index (κ3) is 6.55. The molecule has 0 spiro atoms. The van der Waals surface area contributed by atoms with Gasteiger partial charge in [-0.2, -0.15) is 5.10 Å². The molecule has 1 saturated heterocycles. The van der Waals surface area contributed by atoms with Crippen molar-refractivity contribution in [1.82, 2.24) is 29.5 Å². The number of benzene rings is 2. The number of nitrogen functional groups attached to an aromatic ring is 1. The second kappa shape index (κ2) is 12.9. The number of aromatic nitrogens is 4. The Hall–Kier alpha value is -4.28. The summed E-state index contributed by atoms with van der Waals surface area (Å²) in [7, 11) is 1.70. The zero-order chi connectivity index (χ0) is 28.8. The number of anilines is 1. The van der Waals surface area contributed by atoms with Gasteiger partial charge in [0, 0.05) is 51.0 Å². The molecule has 1 amide bonds. The van der Waals surface area contributed by atoms with Crippen LogP contribution in [0.3, 0.4) is 0 Å². The Morgan fingerprint density at radius 3 is 2.61 bits per heavy atom. The van der Waals surface area contributed by atoms with E-state index in [0.717, 1.165) is 30.0 Å². The highest BCUT2D eigenvalue weighted by molar-refractivity contribution is 5.98. The standard InChI is InChI=1S/C31H37N7O3/c1-22(2)36(18-19-40-3)16-7-10-27(39)37-17-15-24(20-37)38-31-28(30(32)33-21-34-31)29(35-38)23-11-13-26(14-12-23)41-25-8-5-4-6-9-25/h4-14,21-22,24H,15-20H2,1-3H3,(H2,32,33,34)/b10-7+.